The second kappa shape index (κ2) is 4.00. The lowest BCUT2D eigenvalue weighted by Gasteiger charge is -2.17. The third-order valence-electron chi connectivity index (χ3n) is 1.07. The van der Waals surface area contributed by atoms with Crippen LogP contribution in [-0.2, 0) is 9.53 Å². The Morgan fingerprint density at radius 2 is 2.00 bits per heavy atom. The van der Waals surface area contributed by atoms with E-state index in [9.17, 15) is 4.79 Å². The molecule has 0 radical (unpaired) electrons. The number of hydrogen-bond donors (Lipinski definition) is 1. The maximum Gasteiger partial charge on any atom is 0.311 e. The topological polar surface area (TPSA) is 26.3 Å². The van der Waals surface area contributed by atoms with E-state index in [0.717, 1.165) is 0 Å². The minimum absolute atomic E-state index is 0.112. The van der Waals surface area contributed by atoms with Crippen molar-refractivity contribution in [2.24, 2.45) is 5.41 Å². The van der Waals surface area contributed by atoms with Gasteiger partial charge in [0.1, 0.15) is 6.61 Å². The molecule has 0 aliphatic heterocycles. The number of carbonyl (C=O) groups is 1. The smallest absolute Gasteiger partial charge is 0.311 e. The Kier molecular flexibility index (Phi) is 3.93. The molecular weight excluding hydrogens is 160 g/mol. The predicted molar refractivity (Wildman–Crippen MR) is 48.9 cm³/mol. The highest BCUT2D eigenvalue weighted by atomic mass is 32.1. The van der Waals surface area contributed by atoms with Crippen LogP contribution in [0.4, 0.5) is 0 Å². The van der Waals surface area contributed by atoms with Crippen LogP contribution in [0.15, 0.2) is 0 Å². The van der Waals surface area contributed by atoms with Crippen molar-refractivity contribution in [3.63, 3.8) is 0 Å². The fourth-order valence-electron chi connectivity index (χ4n) is 0.413. The van der Waals surface area contributed by atoms with Crippen LogP contribution in [0.5, 0.6) is 0 Å². The average molecular weight is 176 g/mol. The van der Waals surface area contributed by atoms with Crippen LogP contribution in [0, 0.1) is 5.41 Å². The SMILES string of the molecule is CC(S)COC(=O)C(C)(C)C. The van der Waals surface area contributed by atoms with Crippen molar-refractivity contribution in [3.8, 4) is 0 Å². The van der Waals surface area contributed by atoms with E-state index in [1.807, 2.05) is 27.7 Å². The second-order valence-electron chi connectivity index (χ2n) is 3.70. The molecule has 0 N–H and O–H groups in total. The Balaban J connectivity index is 3.71. The molecule has 11 heavy (non-hydrogen) atoms. The monoisotopic (exact) mass is 176 g/mol. The van der Waals surface area contributed by atoms with Gasteiger partial charge in [0.25, 0.3) is 0 Å². The molecule has 0 bridgehead atoms. The Hall–Kier alpha value is -0.180. The first-order valence-electron chi connectivity index (χ1n) is 3.69. The van der Waals surface area contributed by atoms with Gasteiger partial charge in [0.2, 0.25) is 0 Å². The zero-order valence-electron chi connectivity index (χ0n) is 7.55. The lowest BCUT2D eigenvalue weighted by Crippen LogP contribution is -2.25. The van der Waals surface area contributed by atoms with Gasteiger partial charge in [0.15, 0.2) is 0 Å². The molecule has 0 aromatic heterocycles. The predicted octanol–water partition coefficient (Wildman–Crippen LogP) is 1.89. The third-order valence-corrected chi connectivity index (χ3v) is 1.22. The van der Waals surface area contributed by atoms with Gasteiger partial charge in [-0.1, -0.05) is 6.92 Å². The standard InChI is InChI=1S/C8H16O2S/c1-6(11)5-10-7(9)8(2,3)4/h6,11H,5H2,1-4H3. The molecule has 0 amide bonds. The molecule has 2 nitrogen and oxygen atoms in total. The van der Waals surface area contributed by atoms with Crippen LogP contribution in [0.3, 0.4) is 0 Å². The van der Waals surface area contributed by atoms with Gasteiger partial charge in [-0.15, -0.1) is 0 Å². The van der Waals surface area contributed by atoms with Crippen molar-refractivity contribution in [2.45, 2.75) is 32.9 Å². The summed E-state index contributed by atoms with van der Waals surface area (Å²) in [5, 5.41) is 0.112. The highest BCUT2D eigenvalue weighted by Gasteiger charge is 2.22. The summed E-state index contributed by atoms with van der Waals surface area (Å²) in [6, 6.07) is 0. The molecular formula is C8H16O2S. The van der Waals surface area contributed by atoms with E-state index in [2.05, 4.69) is 12.6 Å². The van der Waals surface area contributed by atoms with Crippen LogP contribution in [0.2, 0.25) is 0 Å². The highest BCUT2D eigenvalue weighted by Crippen LogP contribution is 2.15. The lowest BCUT2D eigenvalue weighted by atomic mass is 9.97. The molecule has 0 aromatic rings. The Bertz CT molecular complexity index is 136. The van der Waals surface area contributed by atoms with E-state index in [-0.39, 0.29) is 11.2 Å². The summed E-state index contributed by atoms with van der Waals surface area (Å²) in [7, 11) is 0. The van der Waals surface area contributed by atoms with Gasteiger partial charge < -0.3 is 4.74 Å². The molecule has 0 rings (SSSR count). The van der Waals surface area contributed by atoms with Gasteiger partial charge in [0, 0.05) is 5.25 Å². The van der Waals surface area contributed by atoms with Crippen molar-refractivity contribution in [3.05, 3.63) is 0 Å². The molecule has 3 heteroatoms. The van der Waals surface area contributed by atoms with Crippen molar-refractivity contribution in [1.82, 2.24) is 0 Å². The van der Waals surface area contributed by atoms with Gasteiger partial charge in [-0.25, -0.2) is 0 Å². The maximum atomic E-state index is 11.1. The van der Waals surface area contributed by atoms with Crippen LogP contribution >= 0.6 is 12.6 Å². The number of carbonyl (C=O) groups excluding carboxylic acids is 1. The summed E-state index contributed by atoms with van der Waals surface area (Å²) in [5.41, 5.74) is -0.400. The average Bonchev–Trinajstić information content (AvgIpc) is 1.80. The highest BCUT2D eigenvalue weighted by molar-refractivity contribution is 7.80. The molecule has 0 saturated carbocycles. The quantitative estimate of drug-likeness (QED) is 0.513. The Morgan fingerprint density at radius 3 is 2.27 bits per heavy atom. The largest absolute Gasteiger partial charge is 0.464 e. The van der Waals surface area contributed by atoms with Gasteiger partial charge >= 0.3 is 5.97 Å². The maximum absolute atomic E-state index is 11.1. The van der Waals surface area contributed by atoms with Gasteiger partial charge in [-0.2, -0.15) is 12.6 Å². The van der Waals surface area contributed by atoms with Crippen LogP contribution in [0.25, 0.3) is 0 Å². The zero-order chi connectivity index (χ0) is 9.07. The molecule has 0 aliphatic rings. The lowest BCUT2D eigenvalue weighted by molar-refractivity contribution is -0.152. The molecule has 0 heterocycles. The minimum atomic E-state index is -0.400. The van der Waals surface area contributed by atoms with E-state index < -0.39 is 5.41 Å². The molecule has 1 atom stereocenters. The van der Waals surface area contributed by atoms with Crippen molar-refractivity contribution in [2.75, 3.05) is 6.61 Å². The number of esters is 1. The minimum Gasteiger partial charge on any atom is -0.464 e. The Morgan fingerprint density at radius 1 is 1.55 bits per heavy atom. The molecule has 0 fully saturated rings. The fraction of sp³-hybridized carbons (Fsp3) is 0.875. The first-order valence-corrected chi connectivity index (χ1v) is 4.21. The number of thiol groups is 1. The van der Waals surface area contributed by atoms with Crippen LogP contribution in [0.1, 0.15) is 27.7 Å². The van der Waals surface area contributed by atoms with Crippen LogP contribution in [-0.4, -0.2) is 17.8 Å². The molecule has 0 saturated heterocycles. The number of hydrogen-bond acceptors (Lipinski definition) is 3. The van der Waals surface area contributed by atoms with E-state index >= 15 is 0 Å². The first kappa shape index (κ1) is 10.8. The summed E-state index contributed by atoms with van der Waals surface area (Å²) in [6.45, 7) is 7.77. The van der Waals surface area contributed by atoms with Crippen LogP contribution < -0.4 is 0 Å². The molecule has 0 aliphatic carbocycles. The van der Waals surface area contributed by atoms with Crippen molar-refractivity contribution < 1.29 is 9.53 Å². The molecule has 66 valence electrons. The second-order valence-corrected chi connectivity index (χ2v) is 4.58. The summed E-state index contributed by atoms with van der Waals surface area (Å²) >= 11 is 4.09. The summed E-state index contributed by atoms with van der Waals surface area (Å²) < 4.78 is 4.95. The van der Waals surface area contributed by atoms with Crippen molar-refractivity contribution >= 4 is 18.6 Å². The zero-order valence-corrected chi connectivity index (χ0v) is 8.44. The normalized spacial score (nSPS) is 14.3. The van der Waals surface area contributed by atoms with Gasteiger partial charge in [-0.05, 0) is 20.8 Å². The van der Waals surface area contributed by atoms with E-state index in [1.165, 1.54) is 0 Å². The fourth-order valence-corrected chi connectivity index (χ4v) is 0.487. The van der Waals surface area contributed by atoms with E-state index in [1.54, 1.807) is 0 Å². The molecule has 1 unspecified atom stereocenters. The number of rotatable bonds is 2. The molecule has 0 aromatic carbocycles. The van der Waals surface area contributed by atoms with E-state index in [0.29, 0.717) is 6.61 Å². The van der Waals surface area contributed by atoms with Gasteiger partial charge in [0.05, 0.1) is 5.41 Å². The number of ether oxygens (including phenoxy) is 1. The van der Waals surface area contributed by atoms with Gasteiger partial charge in [-0.3, -0.25) is 4.79 Å². The van der Waals surface area contributed by atoms with Crippen molar-refractivity contribution in [1.29, 1.82) is 0 Å². The molecule has 0 spiro atoms. The first-order chi connectivity index (χ1) is 4.84. The summed E-state index contributed by atoms with van der Waals surface area (Å²) in [5.74, 6) is -0.168. The summed E-state index contributed by atoms with van der Waals surface area (Å²) in [4.78, 5) is 11.1. The Labute approximate surface area is 73.7 Å². The van der Waals surface area contributed by atoms with E-state index in [4.69, 9.17) is 4.74 Å². The summed E-state index contributed by atoms with van der Waals surface area (Å²) in [6.07, 6.45) is 0. The third kappa shape index (κ3) is 5.13.